The molecule has 0 atom stereocenters. The smallest absolute Gasteiger partial charge is 0.262 e. The summed E-state index contributed by atoms with van der Waals surface area (Å²) < 4.78 is 40.9. The van der Waals surface area contributed by atoms with E-state index in [2.05, 4.69) is 5.32 Å². The normalized spacial score (nSPS) is 12.9. The standard InChI is InChI=1S/C21H20N4O6S/c1-32(27,28)25(8-2-7-22)13-18-5-4-17(31-18)10-16(11-23)21(26)24-12-15-3-6-19-20(9-15)30-14-29-19/h3-6,9-10H,2,8,12-14H2,1H3,(H,24,26)/b16-10+. The van der Waals surface area contributed by atoms with E-state index in [1.54, 1.807) is 24.3 Å². The fourth-order valence-electron chi connectivity index (χ4n) is 2.89. The first-order chi connectivity index (χ1) is 15.3. The van der Waals surface area contributed by atoms with Crippen LogP contribution in [0.15, 0.2) is 40.3 Å². The van der Waals surface area contributed by atoms with Crippen LogP contribution in [-0.4, -0.2) is 38.2 Å². The Hall–Kier alpha value is -3.80. The van der Waals surface area contributed by atoms with Crippen molar-refractivity contribution in [3.05, 3.63) is 53.0 Å². The molecule has 1 amide bonds. The van der Waals surface area contributed by atoms with Crippen molar-refractivity contribution >= 4 is 22.0 Å². The zero-order chi connectivity index (χ0) is 23.1. The van der Waals surface area contributed by atoms with Crippen molar-refractivity contribution in [1.29, 1.82) is 10.5 Å². The lowest BCUT2D eigenvalue weighted by molar-refractivity contribution is -0.117. The molecule has 1 N–H and O–H groups in total. The molecule has 2 aromatic rings. The first-order valence-electron chi connectivity index (χ1n) is 9.49. The van der Waals surface area contributed by atoms with Gasteiger partial charge in [0, 0.05) is 25.6 Å². The molecule has 3 rings (SSSR count). The minimum atomic E-state index is -3.53. The number of hydrogen-bond donors (Lipinski definition) is 1. The number of amides is 1. The van der Waals surface area contributed by atoms with Crippen LogP contribution >= 0.6 is 0 Å². The van der Waals surface area contributed by atoms with E-state index in [1.807, 2.05) is 12.1 Å². The molecule has 1 aromatic heterocycles. The van der Waals surface area contributed by atoms with Gasteiger partial charge in [0.25, 0.3) is 5.91 Å². The Balaban J connectivity index is 1.64. The first kappa shape index (κ1) is 22.9. The van der Waals surface area contributed by atoms with E-state index in [4.69, 9.17) is 19.2 Å². The molecule has 0 aliphatic carbocycles. The second-order valence-electron chi connectivity index (χ2n) is 6.85. The maximum absolute atomic E-state index is 12.4. The quantitative estimate of drug-likeness (QED) is 0.445. The number of sulfonamides is 1. The molecule has 0 fully saturated rings. The number of hydrogen-bond acceptors (Lipinski definition) is 8. The van der Waals surface area contributed by atoms with Gasteiger partial charge in [-0.05, 0) is 29.8 Å². The zero-order valence-electron chi connectivity index (χ0n) is 17.2. The number of carbonyl (C=O) groups excluding carboxylic acids is 1. The van der Waals surface area contributed by atoms with Crippen LogP contribution in [0.1, 0.15) is 23.5 Å². The van der Waals surface area contributed by atoms with Gasteiger partial charge in [-0.1, -0.05) is 6.07 Å². The van der Waals surface area contributed by atoms with Gasteiger partial charge in [0.1, 0.15) is 23.2 Å². The van der Waals surface area contributed by atoms with Gasteiger partial charge in [-0.2, -0.15) is 14.8 Å². The third-order valence-electron chi connectivity index (χ3n) is 4.50. The molecule has 0 saturated carbocycles. The average molecular weight is 456 g/mol. The third-order valence-corrected chi connectivity index (χ3v) is 5.75. The molecule has 166 valence electrons. The van der Waals surface area contributed by atoms with Gasteiger partial charge < -0.3 is 19.2 Å². The van der Waals surface area contributed by atoms with Gasteiger partial charge in [-0.25, -0.2) is 8.42 Å². The van der Waals surface area contributed by atoms with E-state index in [0.717, 1.165) is 16.1 Å². The van der Waals surface area contributed by atoms with E-state index >= 15 is 0 Å². The Morgan fingerprint density at radius 1 is 1.22 bits per heavy atom. The second kappa shape index (κ2) is 10.0. The van der Waals surface area contributed by atoms with Gasteiger partial charge in [0.05, 0.1) is 18.9 Å². The van der Waals surface area contributed by atoms with Crippen LogP contribution in [0.3, 0.4) is 0 Å². The number of nitrogens with one attached hydrogen (secondary N) is 1. The molecule has 0 spiro atoms. The van der Waals surface area contributed by atoms with E-state index in [0.29, 0.717) is 17.3 Å². The Morgan fingerprint density at radius 2 is 2.00 bits per heavy atom. The number of benzene rings is 1. The molecule has 32 heavy (non-hydrogen) atoms. The fourth-order valence-corrected chi connectivity index (χ4v) is 3.67. The lowest BCUT2D eigenvalue weighted by Crippen LogP contribution is -2.30. The second-order valence-corrected chi connectivity index (χ2v) is 8.83. The highest BCUT2D eigenvalue weighted by molar-refractivity contribution is 7.88. The van der Waals surface area contributed by atoms with Gasteiger partial charge in [0.2, 0.25) is 16.8 Å². The maximum Gasteiger partial charge on any atom is 0.262 e. The molecule has 1 aromatic carbocycles. The third kappa shape index (κ3) is 5.88. The maximum atomic E-state index is 12.4. The van der Waals surface area contributed by atoms with Crippen molar-refractivity contribution in [2.24, 2.45) is 0 Å². The minimum absolute atomic E-state index is 0.0346. The van der Waals surface area contributed by atoms with E-state index < -0.39 is 15.9 Å². The van der Waals surface area contributed by atoms with Crippen LogP contribution < -0.4 is 14.8 Å². The van der Waals surface area contributed by atoms with Crippen LogP contribution in [0.2, 0.25) is 0 Å². The van der Waals surface area contributed by atoms with Crippen molar-refractivity contribution < 1.29 is 27.1 Å². The highest BCUT2D eigenvalue weighted by Gasteiger charge is 2.19. The summed E-state index contributed by atoms with van der Waals surface area (Å²) in [5.74, 6) is 1.18. The van der Waals surface area contributed by atoms with Crippen molar-refractivity contribution in [1.82, 2.24) is 9.62 Å². The molecule has 0 unspecified atom stereocenters. The average Bonchev–Trinajstić information content (AvgIpc) is 3.41. The topological polar surface area (TPSA) is 146 Å². The summed E-state index contributed by atoms with van der Waals surface area (Å²) in [7, 11) is -3.53. The largest absolute Gasteiger partial charge is 0.460 e. The van der Waals surface area contributed by atoms with Gasteiger partial charge in [-0.15, -0.1) is 0 Å². The summed E-state index contributed by atoms with van der Waals surface area (Å²) in [4.78, 5) is 12.4. The van der Waals surface area contributed by atoms with Crippen LogP contribution in [0, 0.1) is 22.7 Å². The molecular formula is C21H20N4O6S. The van der Waals surface area contributed by atoms with E-state index in [9.17, 15) is 18.5 Å². The van der Waals surface area contributed by atoms with E-state index in [-0.39, 0.29) is 44.2 Å². The van der Waals surface area contributed by atoms with Crippen molar-refractivity contribution in [3.8, 4) is 23.6 Å². The number of carbonyl (C=O) groups is 1. The summed E-state index contributed by atoms with van der Waals surface area (Å²) >= 11 is 0. The van der Waals surface area contributed by atoms with Gasteiger partial charge in [0.15, 0.2) is 11.5 Å². The number of furan rings is 1. The van der Waals surface area contributed by atoms with Gasteiger partial charge >= 0.3 is 0 Å². The molecule has 1 aliphatic heterocycles. The molecule has 0 bridgehead atoms. The molecule has 11 heteroatoms. The summed E-state index contributed by atoms with van der Waals surface area (Å²) in [6, 6.07) is 12.1. The van der Waals surface area contributed by atoms with Crippen LogP contribution in [0.25, 0.3) is 6.08 Å². The predicted octanol–water partition coefficient (Wildman–Crippen LogP) is 1.91. The predicted molar refractivity (Wildman–Crippen MR) is 112 cm³/mol. The van der Waals surface area contributed by atoms with Crippen molar-refractivity contribution in [2.75, 3.05) is 19.6 Å². The number of nitrogens with zero attached hydrogens (tertiary/aromatic N) is 3. The highest BCUT2D eigenvalue weighted by Crippen LogP contribution is 2.32. The Bertz CT molecular complexity index is 1220. The number of nitriles is 2. The Labute approximate surface area is 185 Å². The summed E-state index contributed by atoms with van der Waals surface area (Å²) in [5, 5.41) is 20.7. The van der Waals surface area contributed by atoms with E-state index in [1.165, 1.54) is 12.1 Å². The summed E-state index contributed by atoms with van der Waals surface area (Å²) in [6.45, 7) is 0.303. The summed E-state index contributed by atoms with van der Waals surface area (Å²) in [5.41, 5.74) is 0.606. The van der Waals surface area contributed by atoms with Crippen LogP contribution in [0.4, 0.5) is 0 Å². The molecular weight excluding hydrogens is 436 g/mol. The molecule has 0 saturated heterocycles. The van der Waals surface area contributed by atoms with Crippen molar-refractivity contribution in [3.63, 3.8) is 0 Å². The molecule has 0 radical (unpaired) electrons. The van der Waals surface area contributed by atoms with Crippen LogP contribution in [-0.2, 0) is 27.9 Å². The highest BCUT2D eigenvalue weighted by atomic mass is 32.2. The molecule has 2 heterocycles. The zero-order valence-corrected chi connectivity index (χ0v) is 18.0. The Morgan fingerprint density at radius 3 is 2.72 bits per heavy atom. The monoisotopic (exact) mass is 456 g/mol. The molecule has 1 aliphatic rings. The first-order valence-corrected chi connectivity index (χ1v) is 11.3. The number of fused-ring (bicyclic) bond motifs is 1. The number of ether oxygens (including phenoxy) is 2. The van der Waals surface area contributed by atoms with Crippen LogP contribution in [0.5, 0.6) is 11.5 Å². The lowest BCUT2D eigenvalue weighted by atomic mass is 10.2. The SMILES string of the molecule is CS(=O)(=O)N(CCC#N)Cc1ccc(/C=C(\C#N)C(=O)NCc2ccc3c(c2)OCO3)o1. The Kier molecular flexibility index (Phi) is 7.15. The molecule has 10 nitrogen and oxygen atoms in total. The van der Waals surface area contributed by atoms with Gasteiger partial charge in [-0.3, -0.25) is 4.79 Å². The fraction of sp³-hybridized carbons (Fsp3) is 0.286. The van der Waals surface area contributed by atoms with Crippen molar-refractivity contribution in [2.45, 2.75) is 19.5 Å². The minimum Gasteiger partial charge on any atom is -0.460 e. The summed E-state index contributed by atoms with van der Waals surface area (Å²) in [6.07, 6.45) is 2.37. The number of rotatable bonds is 9. The lowest BCUT2D eigenvalue weighted by Gasteiger charge is -2.16.